The molecule has 0 fully saturated rings. The summed E-state index contributed by atoms with van der Waals surface area (Å²) in [6, 6.07) is 13.3. The Morgan fingerprint density at radius 3 is 2.48 bits per heavy atom. The predicted molar refractivity (Wildman–Crippen MR) is 80.5 cm³/mol. The number of benzene rings is 2. The molecule has 0 bridgehead atoms. The summed E-state index contributed by atoms with van der Waals surface area (Å²) in [6.45, 7) is 0.219. The summed E-state index contributed by atoms with van der Waals surface area (Å²) in [5.74, 6) is -1.92. The van der Waals surface area contributed by atoms with Gasteiger partial charge in [-0.15, -0.1) is 0 Å². The van der Waals surface area contributed by atoms with Crippen molar-refractivity contribution in [3.63, 3.8) is 0 Å². The van der Waals surface area contributed by atoms with Crippen molar-refractivity contribution < 1.29 is 14.3 Å². The molecule has 0 amide bonds. The number of esters is 2. The van der Waals surface area contributed by atoms with E-state index in [1.54, 1.807) is 0 Å². The van der Waals surface area contributed by atoms with Crippen LogP contribution >= 0.6 is 0 Å². The van der Waals surface area contributed by atoms with Gasteiger partial charge in [0.05, 0.1) is 12.3 Å². The highest BCUT2D eigenvalue weighted by molar-refractivity contribution is 5.94. The maximum atomic E-state index is 12.1. The summed E-state index contributed by atoms with van der Waals surface area (Å²) in [5, 5.41) is 1.94. The second-order valence-electron chi connectivity index (χ2n) is 4.69. The van der Waals surface area contributed by atoms with E-state index < -0.39 is 17.9 Å². The predicted octanol–water partition coefficient (Wildman–Crippen LogP) is 1.30. The molecule has 0 aromatic heterocycles. The van der Waals surface area contributed by atoms with Crippen molar-refractivity contribution in [3.8, 4) is 0 Å². The van der Waals surface area contributed by atoms with Crippen LogP contribution in [0, 0.1) is 0 Å². The summed E-state index contributed by atoms with van der Waals surface area (Å²) in [7, 11) is 0. The minimum atomic E-state index is -0.669. The Labute approximate surface area is 122 Å². The smallest absolute Gasteiger partial charge is 0.322 e. The van der Waals surface area contributed by atoms with Crippen LogP contribution in [-0.2, 0) is 14.3 Å². The zero-order valence-corrected chi connectivity index (χ0v) is 11.6. The largest absolute Gasteiger partial charge is 0.393 e. The SMILES string of the molecule is NCCC(=O)OC(=O)C(CN)c1cccc2ccccc12. The molecule has 0 spiro atoms. The molecule has 0 aliphatic carbocycles. The number of carbonyl (C=O) groups is 2. The highest BCUT2D eigenvalue weighted by Gasteiger charge is 2.24. The number of ether oxygens (including phenoxy) is 1. The van der Waals surface area contributed by atoms with Gasteiger partial charge in [-0.25, -0.2) is 0 Å². The molecule has 0 radical (unpaired) electrons. The first-order valence-corrected chi connectivity index (χ1v) is 6.79. The van der Waals surface area contributed by atoms with Crippen molar-refractivity contribution in [1.29, 1.82) is 0 Å². The Bertz CT molecular complexity index is 650. The molecule has 21 heavy (non-hydrogen) atoms. The van der Waals surface area contributed by atoms with Crippen LogP contribution in [0.15, 0.2) is 42.5 Å². The first-order valence-electron chi connectivity index (χ1n) is 6.79. The summed E-state index contributed by atoms with van der Waals surface area (Å²) >= 11 is 0. The maximum Gasteiger partial charge on any atom is 0.322 e. The van der Waals surface area contributed by atoms with E-state index in [2.05, 4.69) is 0 Å². The van der Waals surface area contributed by atoms with Crippen LogP contribution in [0.1, 0.15) is 17.9 Å². The molecule has 0 heterocycles. The van der Waals surface area contributed by atoms with Gasteiger partial charge in [-0.05, 0) is 16.3 Å². The van der Waals surface area contributed by atoms with Crippen LogP contribution in [0.4, 0.5) is 0 Å². The monoisotopic (exact) mass is 286 g/mol. The van der Waals surface area contributed by atoms with Crippen molar-refractivity contribution in [1.82, 2.24) is 0 Å². The first-order chi connectivity index (χ1) is 10.2. The van der Waals surface area contributed by atoms with Crippen molar-refractivity contribution in [2.75, 3.05) is 13.1 Å². The number of rotatable bonds is 5. The minimum Gasteiger partial charge on any atom is -0.393 e. The van der Waals surface area contributed by atoms with Gasteiger partial charge in [-0.2, -0.15) is 0 Å². The number of carbonyl (C=O) groups excluding carboxylic acids is 2. The number of fused-ring (bicyclic) bond motifs is 1. The second kappa shape index (κ2) is 6.97. The highest BCUT2D eigenvalue weighted by Crippen LogP contribution is 2.26. The lowest BCUT2D eigenvalue weighted by Gasteiger charge is -2.15. The fourth-order valence-corrected chi connectivity index (χ4v) is 2.26. The van der Waals surface area contributed by atoms with Gasteiger partial charge in [-0.1, -0.05) is 42.5 Å². The molecule has 4 N–H and O–H groups in total. The Hall–Kier alpha value is -2.24. The van der Waals surface area contributed by atoms with Crippen molar-refractivity contribution >= 4 is 22.7 Å². The van der Waals surface area contributed by atoms with Crippen molar-refractivity contribution in [3.05, 3.63) is 48.0 Å². The lowest BCUT2D eigenvalue weighted by molar-refractivity contribution is -0.160. The molecule has 5 nitrogen and oxygen atoms in total. The van der Waals surface area contributed by atoms with Crippen LogP contribution in [0.3, 0.4) is 0 Å². The Morgan fingerprint density at radius 2 is 1.76 bits per heavy atom. The Balaban J connectivity index is 2.31. The van der Waals surface area contributed by atoms with Gasteiger partial charge in [0.25, 0.3) is 0 Å². The molecule has 2 aromatic carbocycles. The van der Waals surface area contributed by atoms with Crippen LogP contribution < -0.4 is 11.5 Å². The molecule has 5 heteroatoms. The third kappa shape index (κ3) is 3.45. The van der Waals surface area contributed by atoms with E-state index in [1.807, 2.05) is 42.5 Å². The van der Waals surface area contributed by atoms with E-state index in [0.29, 0.717) is 0 Å². The van der Waals surface area contributed by atoms with Gasteiger partial charge in [-0.3, -0.25) is 9.59 Å². The van der Waals surface area contributed by atoms with E-state index in [1.165, 1.54) is 0 Å². The van der Waals surface area contributed by atoms with Gasteiger partial charge < -0.3 is 16.2 Å². The average molecular weight is 286 g/mol. The number of nitrogens with two attached hydrogens (primary N) is 2. The Kier molecular flexibility index (Phi) is 5.03. The summed E-state index contributed by atoms with van der Waals surface area (Å²) in [5.41, 5.74) is 11.7. The molecule has 0 saturated heterocycles. The van der Waals surface area contributed by atoms with E-state index in [-0.39, 0.29) is 19.5 Å². The molecule has 1 atom stereocenters. The standard InChI is InChI=1S/C16H18N2O3/c17-9-8-15(19)21-16(20)14(10-18)13-7-3-5-11-4-1-2-6-12(11)13/h1-7,14H,8-10,17-18H2. The summed E-state index contributed by atoms with van der Waals surface area (Å²) in [6.07, 6.45) is 0.0125. The molecular weight excluding hydrogens is 268 g/mol. The fourth-order valence-electron chi connectivity index (χ4n) is 2.26. The normalized spacial score (nSPS) is 12.1. The highest BCUT2D eigenvalue weighted by atomic mass is 16.6. The van der Waals surface area contributed by atoms with Crippen molar-refractivity contribution in [2.24, 2.45) is 11.5 Å². The quantitative estimate of drug-likeness (QED) is 0.638. The number of hydrogen-bond acceptors (Lipinski definition) is 5. The minimum absolute atomic E-state index is 0.0125. The molecule has 0 aliphatic heterocycles. The van der Waals surface area contributed by atoms with E-state index in [0.717, 1.165) is 16.3 Å². The second-order valence-corrected chi connectivity index (χ2v) is 4.69. The van der Waals surface area contributed by atoms with Gasteiger partial charge in [0.1, 0.15) is 0 Å². The molecule has 2 aromatic rings. The lowest BCUT2D eigenvalue weighted by atomic mass is 9.93. The molecular formula is C16H18N2O3. The van der Waals surface area contributed by atoms with Gasteiger partial charge in [0.2, 0.25) is 0 Å². The summed E-state index contributed by atoms with van der Waals surface area (Å²) in [4.78, 5) is 23.5. The topological polar surface area (TPSA) is 95.4 Å². The van der Waals surface area contributed by atoms with Crippen LogP contribution in [0.5, 0.6) is 0 Å². The van der Waals surface area contributed by atoms with E-state index in [9.17, 15) is 9.59 Å². The molecule has 1 unspecified atom stereocenters. The third-order valence-corrected chi connectivity index (χ3v) is 3.28. The molecule has 2 rings (SSSR count). The van der Waals surface area contributed by atoms with Gasteiger partial charge in [0.15, 0.2) is 0 Å². The van der Waals surface area contributed by atoms with Gasteiger partial charge >= 0.3 is 11.9 Å². The summed E-state index contributed by atoms with van der Waals surface area (Å²) < 4.78 is 4.81. The maximum absolute atomic E-state index is 12.1. The first kappa shape index (κ1) is 15.2. The van der Waals surface area contributed by atoms with E-state index in [4.69, 9.17) is 16.2 Å². The fraction of sp³-hybridized carbons (Fsp3) is 0.250. The van der Waals surface area contributed by atoms with E-state index >= 15 is 0 Å². The Morgan fingerprint density at radius 1 is 1.05 bits per heavy atom. The van der Waals surface area contributed by atoms with Crippen LogP contribution in [0.25, 0.3) is 10.8 Å². The molecule has 0 aliphatic rings. The van der Waals surface area contributed by atoms with Crippen LogP contribution in [-0.4, -0.2) is 25.0 Å². The number of hydrogen-bond donors (Lipinski definition) is 2. The zero-order valence-electron chi connectivity index (χ0n) is 11.6. The van der Waals surface area contributed by atoms with Crippen molar-refractivity contribution in [2.45, 2.75) is 12.3 Å². The van der Waals surface area contributed by atoms with Crippen LogP contribution in [0.2, 0.25) is 0 Å². The lowest BCUT2D eigenvalue weighted by Crippen LogP contribution is -2.26. The third-order valence-electron chi connectivity index (χ3n) is 3.28. The van der Waals surface area contributed by atoms with Gasteiger partial charge in [0, 0.05) is 13.1 Å². The molecule has 0 saturated carbocycles. The molecule has 110 valence electrons. The average Bonchev–Trinajstić information content (AvgIpc) is 2.48. The zero-order chi connectivity index (χ0) is 15.2.